The van der Waals surface area contributed by atoms with Crippen molar-refractivity contribution in [3.63, 3.8) is 0 Å². The van der Waals surface area contributed by atoms with Crippen molar-refractivity contribution in [3.05, 3.63) is 29.3 Å². The number of benzene rings is 1. The number of Topliss-reactive ketones (excluding diaryl/α,β-unsaturated/α-hetero) is 1. The van der Waals surface area contributed by atoms with E-state index in [9.17, 15) is 9.59 Å². The molecule has 72 valence electrons. The van der Waals surface area contributed by atoms with Gasteiger partial charge >= 0.3 is 5.97 Å². The summed E-state index contributed by atoms with van der Waals surface area (Å²) in [5.41, 5.74) is 1.48. The van der Waals surface area contributed by atoms with Crippen LogP contribution in [0.1, 0.15) is 29.3 Å². The third-order valence-electron chi connectivity index (χ3n) is 2.27. The van der Waals surface area contributed by atoms with Crippen LogP contribution in [0.5, 0.6) is 5.75 Å². The highest BCUT2D eigenvalue weighted by Gasteiger charge is 2.20. The zero-order valence-corrected chi connectivity index (χ0v) is 7.87. The molecule has 1 aliphatic heterocycles. The maximum atomic E-state index is 11.4. The van der Waals surface area contributed by atoms with Gasteiger partial charge < -0.3 is 4.74 Å². The van der Waals surface area contributed by atoms with Crippen LogP contribution in [-0.4, -0.2) is 11.8 Å². The minimum Gasteiger partial charge on any atom is -0.426 e. The Kier molecular flexibility index (Phi) is 2.08. The molecule has 0 fully saturated rings. The lowest BCUT2D eigenvalue weighted by Gasteiger charge is -2.00. The van der Waals surface area contributed by atoms with E-state index in [1.165, 1.54) is 0 Å². The van der Waals surface area contributed by atoms with E-state index in [-0.39, 0.29) is 11.8 Å². The normalized spacial score (nSPS) is 13.6. The van der Waals surface area contributed by atoms with Crippen LogP contribution in [0.15, 0.2) is 18.2 Å². The van der Waals surface area contributed by atoms with Crippen molar-refractivity contribution in [1.29, 1.82) is 0 Å². The summed E-state index contributed by atoms with van der Waals surface area (Å²) >= 11 is 0. The average molecular weight is 190 g/mol. The van der Waals surface area contributed by atoms with Crippen LogP contribution < -0.4 is 4.74 Å². The molecule has 14 heavy (non-hydrogen) atoms. The lowest BCUT2D eigenvalue weighted by molar-refractivity contribution is -0.131. The molecule has 2 rings (SSSR count). The smallest absolute Gasteiger partial charge is 0.315 e. The maximum Gasteiger partial charge on any atom is 0.315 e. The number of carbonyl (C=O) groups excluding carboxylic acids is 2. The number of ether oxygens (including phenoxy) is 1. The number of ketones is 1. The second-order valence-electron chi connectivity index (χ2n) is 3.25. The average Bonchev–Trinajstić information content (AvgIpc) is 2.55. The fraction of sp³-hybridized carbons (Fsp3) is 0.273. The van der Waals surface area contributed by atoms with Crippen molar-refractivity contribution < 1.29 is 14.3 Å². The summed E-state index contributed by atoms with van der Waals surface area (Å²) < 4.78 is 4.95. The van der Waals surface area contributed by atoms with E-state index < -0.39 is 0 Å². The van der Waals surface area contributed by atoms with E-state index in [1.54, 1.807) is 18.2 Å². The molecular formula is C11H10O3. The van der Waals surface area contributed by atoms with E-state index in [2.05, 4.69) is 0 Å². The fourth-order valence-corrected chi connectivity index (χ4v) is 1.49. The highest BCUT2D eigenvalue weighted by molar-refractivity contribution is 5.97. The first-order valence-corrected chi connectivity index (χ1v) is 4.57. The predicted octanol–water partition coefficient (Wildman–Crippen LogP) is 1.74. The van der Waals surface area contributed by atoms with Crippen LogP contribution in [0.25, 0.3) is 0 Å². The molecule has 0 aliphatic carbocycles. The van der Waals surface area contributed by atoms with Gasteiger partial charge in [-0.25, -0.2) is 0 Å². The van der Waals surface area contributed by atoms with E-state index in [0.717, 1.165) is 5.56 Å². The predicted molar refractivity (Wildman–Crippen MR) is 50.4 cm³/mol. The van der Waals surface area contributed by atoms with E-state index >= 15 is 0 Å². The molecule has 1 aromatic rings. The summed E-state index contributed by atoms with van der Waals surface area (Å²) in [6.45, 7) is 1.81. The molecule has 0 bridgehead atoms. The number of carbonyl (C=O) groups is 2. The van der Waals surface area contributed by atoms with Crippen LogP contribution >= 0.6 is 0 Å². The summed E-state index contributed by atoms with van der Waals surface area (Å²) in [6.07, 6.45) is 0.780. The number of esters is 1. The Labute approximate surface area is 81.7 Å². The lowest BCUT2D eigenvalue weighted by Crippen LogP contribution is -2.00. The van der Waals surface area contributed by atoms with Crippen molar-refractivity contribution in [2.24, 2.45) is 0 Å². The Morgan fingerprint density at radius 1 is 1.50 bits per heavy atom. The first-order chi connectivity index (χ1) is 6.70. The molecule has 0 spiro atoms. The molecule has 3 nitrogen and oxygen atoms in total. The third-order valence-corrected chi connectivity index (χ3v) is 2.27. The Balaban J connectivity index is 2.37. The van der Waals surface area contributed by atoms with E-state index in [1.807, 2.05) is 6.92 Å². The molecule has 0 unspecified atom stereocenters. The Bertz CT molecular complexity index is 407. The minimum absolute atomic E-state index is 0.0655. The molecule has 0 saturated heterocycles. The maximum absolute atomic E-state index is 11.4. The number of hydrogen-bond donors (Lipinski definition) is 0. The van der Waals surface area contributed by atoms with Gasteiger partial charge in [0.1, 0.15) is 5.75 Å². The Hall–Kier alpha value is -1.64. The van der Waals surface area contributed by atoms with Gasteiger partial charge in [0.2, 0.25) is 0 Å². The molecule has 3 heteroatoms. The summed E-state index contributed by atoms with van der Waals surface area (Å²) in [5.74, 6) is 0.353. The first kappa shape index (κ1) is 8.94. The molecule has 1 heterocycles. The Morgan fingerprint density at radius 2 is 2.29 bits per heavy atom. The van der Waals surface area contributed by atoms with Crippen LogP contribution in [-0.2, 0) is 11.2 Å². The number of fused-ring (bicyclic) bond motifs is 1. The van der Waals surface area contributed by atoms with Crippen LogP contribution in [0.2, 0.25) is 0 Å². The van der Waals surface area contributed by atoms with Gasteiger partial charge in [0.05, 0.1) is 6.42 Å². The van der Waals surface area contributed by atoms with Gasteiger partial charge in [0.15, 0.2) is 5.78 Å². The summed E-state index contributed by atoms with van der Waals surface area (Å²) in [5, 5.41) is 0. The SMILES string of the molecule is CCC(=O)c1ccc2c(c1)OC(=O)C2. The van der Waals surface area contributed by atoms with Crippen molar-refractivity contribution in [2.75, 3.05) is 0 Å². The molecule has 1 aliphatic rings. The molecular weight excluding hydrogens is 180 g/mol. The highest BCUT2D eigenvalue weighted by atomic mass is 16.5. The molecule has 0 radical (unpaired) electrons. The van der Waals surface area contributed by atoms with Crippen molar-refractivity contribution in [3.8, 4) is 5.75 Å². The van der Waals surface area contributed by atoms with Gasteiger partial charge in [0, 0.05) is 17.5 Å². The molecule has 0 N–H and O–H groups in total. The quantitative estimate of drug-likeness (QED) is 0.405. The minimum atomic E-state index is -0.249. The molecule has 0 aromatic heterocycles. The Morgan fingerprint density at radius 3 is 3.00 bits per heavy atom. The molecule has 0 atom stereocenters. The van der Waals surface area contributed by atoms with Gasteiger partial charge in [-0.2, -0.15) is 0 Å². The summed E-state index contributed by atoms with van der Waals surface area (Å²) in [6, 6.07) is 5.17. The highest BCUT2D eigenvalue weighted by Crippen LogP contribution is 2.27. The first-order valence-electron chi connectivity index (χ1n) is 4.57. The monoisotopic (exact) mass is 190 g/mol. The van der Waals surface area contributed by atoms with Gasteiger partial charge in [0.25, 0.3) is 0 Å². The summed E-state index contributed by atoms with van der Waals surface area (Å²) in [7, 11) is 0. The zero-order valence-electron chi connectivity index (χ0n) is 7.87. The molecule has 0 saturated carbocycles. The van der Waals surface area contributed by atoms with Crippen LogP contribution in [0.3, 0.4) is 0 Å². The summed E-state index contributed by atoms with van der Waals surface area (Å²) in [4.78, 5) is 22.3. The van der Waals surface area contributed by atoms with Crippen molar-refractivity contribution in [1.82, 2.24) is 0 Å². The third kappa shape index (κ3) is 1.41. The van der Waals surface area contributed by atoms with Gasteiger partial charge in [-0.3, -0.25) is 9.59 Å². The lowest BCUT2D eigenvalue weighted by atomic mass is 10.1. The number of hydrogen-bond acceptors (Lipinski definition) is 3. The van der Waals surface area contributed by atoms with Gasteiger partial charge in [-0.1, -0.05) is 19.1 Å². The van der Waals surface area contributed by atoms with Gasteiger partial charge in [-0.05, 0) is 6.07 Å². The second-order valence-corrected chi connectivity index (χ2v) is 3.25. The second kappa shape index (κ2) is 3.25. The van der Waals surface area contributed by atoms with Crippen molar-refractivity contribution >= 4 is 11.8 Å². The zero-order chi connectivity index (χ0) is 10.1. The molecule has 1 aromatic carbocycles. The fourth-order valence-electron chi connectivity index (χ4n) is 1.49. The van der Waals surface area contributed by atoms with Crippen molar-refractivity contribution in [2.45, 2.75) is 19.8 Å². The topological polar surface area (TPSA) is 43.4 Å². The van der Waals surface area contributed by atoms with Crippen LogP contribution in [0, 0.1) is 0 Å². The van der Waals surface area contributed by atoms with E-state index in [4.69, 9.17) is 4.74 Å². The largest absolute Gasteiger partial charge is 0.426 e. The van der Waals surface area contributed by atoms with Crippen LogP contribution in [0.4, 0.5) is 0 Å². The molecule has 0 amide bonds. The van der Waals surface area contributed by atoms with Gasteiger partial charge in [-0.15, -0.1) is 0 Å². The van der Waals surface area contributed by atoms with E-state index in [0.29, 0.717) is 24.2 Å². The standard InChI is InChI=1S/C11H10O3/c1-2-9(12)7-3-4-8-6-11(13)14-10(8)5-7/h3-5H,2,6H2,1H3. The number of rotatable bonds is 2.